The van der Waals surface area contributed by atoms with E-state index in [1.165, 1.54) is 11.3 Å². The number of carbonyl (C=O) groups is 2. The van der Waals surface area contributed by atoms with Crippen LogP contribution in [0.25, 0.3) is 0 Å². The van der Waals surface area contributed by atoms with E-state index in [1.807, 2.05) is 13.8 Å². The van der Waals surface area contributed by atoms with Crippen LogP contribution in [0.5, 0.6) is 11.5 Å². The molecule has 0 fully saturated rings. The average molecular weight is 307 g/mol. The van der Waals surface area contributed by atoms with Crippen molar-refractivity contribution in [3.05, 3.63) is 40.1 Å². The molecule has 1 aromatic heterocycles. The van der Waals surface area contributed by atoms with Gasteiger partial charge in [0, 0.05) is 12.5 Å². The first-order chi connectivity index (χ1) is 10.1. The molecular weight excluding hydrogens is 290 g/mol. The van der Waals surface area contributed by atoms with Gasteiger partial charge in [0.15, 0.2) is 12.0 Å². The number of nitrogens with one attached hydrogen (secondary N) is 1. The van der Waals surface area contributed by atoms with Crippen molar-refractivity contribution in [2.24, 2.45) is 0 Å². The number of aldehydes is 2. The molecule has 0 radical (unpaired) electrons. The number of thiophene rings is 1. The quantitative estimate of drug-likeness (QED) is 0.652. The van der Waals surface area contributed by atoms with E-state index < -0.39 is 0 Å². The van der Waals surface area contributed by atoms with E-state index >= 15 is 0 Å². The average Bonchev–Trinajstić information content (AvgIpc) is 2.96. The molecule has 0 bridgehead atoms. The van der Waals surface area contributed by atoms with Gasteiger partial charge in [-0.15, -0.1) is 11.3 Å². The highest BCUT2D eigenvalue weighted by atomic mass is 32.1. The standard InChI is InChI=1S/C12H11NO3S.C3H6O/c1-8-2-3-9(15)6-10(8)13-16-11-4-5-17-12(11)7-14;1-2-3-4/h2-7,13,15H,1H3;3H,2H2,1H3. The highest BCUT2D eigenvalue weighted by Crippen LogP contribution is 2.25. The number of hydrogen-bond donors (Lipinski definition) is 2. The third kappa shape index (κ3) is 5.27. The molecule has 0 saturated carbocycles. The van der Waals surface area contributed by atoms with Gasteiger partial charge in [-0.05, 0) is 30.0 Å². The summed E-state index contributed by atoms with van der Waals surface area (Å²) in [5.74, 6) is 0.635. The van der Waals surface area contributed by atoms with Crippen LogP contribution in [-0.2, 0) is 4.79 Å². The summed E-state index contributed by atoms with van der Waals surface area (Å²) < 4.78 is 0. The Hall–Kier alpha value is -2.34. The van der Waals surface area contributed by atoms with E-state index in [0.29, 0.717) is 22.7 Å². The molecule has 0 aliphatic heterocycles. The highest BCUT2D eigenvalue weighted by molar-refractivity contribution is 7.12. The first kappa shape index (κ1) is 16.7. The summed E-state index contributed by atoms with van der Waals surface area (Å²) in [4.78, 5) is 25.7. The third-order valence-corrected chi connectivity index (χ3v) is 3.25. The van der Waals surface area contributed by atoms with Crippen molar-refractivity contribution < 1.29 is 19.5 Å². The molecular formula is C15H17NO4S. The topological polar surface area (TPSA) is 75.6 Å². The Morgan fingerprint density at radius 1 is 1.33 bits per heavy atom. The van der Waals surface area contributed by atoms with E-state index in [-0.39, 0.29) is 5.75 Å². The minimum absolute atomic E-state index is 0.155. The summed E-state index contributed by atoms with van der Waals surface area (Å²) in [6, 6.07) is 6.64. The predicted molar refractivity (Wildman–Crippen MR) is 83.2 cm³/mol. The predicted octanol–water partition coefficient (Wildman–Crippen LogP) is 3.58. The SMILES string of the molecule is CCC=O.Cc1ccc(O)cc1NOc1ccsc1C=O. The monoisotopic (exact) mass is 307 g/mol. The van der Waals surface area contributed by atoms with Crippen molar-refractivity contribution in [1.82, 2.24) is 0 Å². The van der Waals surface area contributed by atoms with Crippen LogP contribution in [0.2, 0.25) is 0 Å². The first-order valence-corrected chi connectivity index (χ1v) is 7.19. The van der Waals surface area contributed by atoms with Gasteiger partial charge in [0.2, 0.25) is 0 Å². The van der Waals surface area contributed by atoms with Gasteiger partial charge < -0.3 is 14.7 Å². The molecule has 1 heterocycles. The molecule has 0 amide bonds. The number of carbonyl (C=O) groups excluding carboxylic acids is 2. The molecule has 2 rings (SSSR count). The molecule has 0 aliphatic rings. The summed E-state index contributed by atoms with van der Waals surface area (Å²) in [6.07, 6.45) is 2.26. The van der Waals surface area contributed by atoms with Crippen molar-refractivity contribution in [2.45, 2.75) is 20.3 Å². The highest BCUT2D eigenvalue weighted by Gasteiger charge is 2.06. The van der Waals surface area contributed by atoms with Crippen molar-refractivity contribution in [1.29, 1.82) is 0 Å². The van der Waals surface area contributed by atoms with E-state index in [0.717, 1.165) is 18.1 Å². The number of aryl methyl sites for hydroxylation is 1. The van der Waals surface area contributed by atoms with Crippen LogP contribution in [0.4, 0.5) is 5.69 Å². The fourth-order valence-electron chi connectivity index (χ4n) is 1.31. The Balaban J connectivity index is 0.000000491. The second-order valence-corrected chi connectivity index (χ2v) is 4.99. The molecule has 0 unspecified atom stereocenters. The van der Waals surface area contributed by atoms with Crippen LogP contribution in [-0.4, -0.2) is 17.7 Å². The molecule has 0 saturated heterocycles. The summed E-state index contributed by atoms with van der Waals surface area (Å²) in [7, 11) is 0. The molecule has 6 heteroatoms. The number of aromatic hydroxyl groups is 1. The van der Waals surface area contributed by atoms with Gasteiger partial charge in [0.1, 0.15) is 16.9 Å². The van der Waals surface area contributed by atoms with Crippen LogP contribution in [0.3, 0.4) is 0 Å². The molecule has 2 aromatic rings. The Morgan fingerprint density at radius 3 is 2.67 bits per heavy atom. The lowest BCUT2D eigenvalue weighted by Crippen LogP contribution is -2.06. The maximum absolute atomic E-state index is 10.7. The largest absolute Gasteiger partial charge is 0.508 e. The Morgan fingerprint density at radius 2 is 2.05 bits per heavy atom. The fraction of sp³-hybridized carbons (Fsp3) is 0.200. The molecule has 21 heavy (non-hydrogen) atoms. The Labute approximate surface area is 127 Å². The van der Waals surface area contributed by atoms with Gasteiger partial charge >= 0.3 is 0 Å². The van der Waals surface area contributed by atoms with Gasteiger partial charge in [-0.1, -0.05) is 13.0 Å². The molecule has 5 nitrogen and oxygen atoms in total. The summed E-state index contributed by atoms with van der Waals surface area (Å²) in [5, 5.41) is 11.1. The van der Waals surface area contributed by atoms with Gasteiger partial charge in [0.25, 0.3) is 0 Å². The van der Waals surface area contributed by atoms with Crippen LogP contribution in [0.15, 0.2) is 29.6 Å². The van der Waals surface area contributed by atoms with Crippen molar-refractivity contribution in [2.75, 3.05) is 5.48 Å². The normalized spacial score (nSPS) is 9.24. The van der Waals surface area contributed by atoms with Gasteiger partial charge in [-0.25, -0.2) is 5.48 Å². The number of phenolic OH excluding ortho intramolecular Hbond substituents is 1. The van der Waals surface area contributed by atoms with Gasteiger partial charge in [-0.2, -0.15) is 0 Å². The van der Waals surface area contributed by atoms with Crippen LogP contribution < -0.4 is 10.3 Å². The molecule has 1 aromatic carbocycles. The van der Waals surface area contributed by atoms with Gasteiger partial charge in [0.05, 0.1) is 5.69 Å². The smallest absolute Gasteiger partial charge is 0.176 e. The lowest BCUT2D eigenvalue weighted by atomic mass is 10.2. The zero-order valence-electron chi connectivity index (χ0n) is 11.8. The second kappa shape index (κ2) is 8.76. The first-order valence-electron chi connectivity index (χ1n) is 6.31. The minimum atomic E-state index is 0.155. The fourth-order valence-corrected chi connectivity index (χ4v) is 1.93. The second-order valence-electron chi connectivity index (χ2n) is 4.05. The summed E-state index contributed by atoms with van der Waals surface area (Å²) in [5.41, 5.74) is 4.31. The van der Waals surface area contributed by atoms with Crippen LogP contribution >= 0.6 is 11.3 Å². The Kier molecular flexibility index (Phi) is 6.97. The molecule has 0 aliphatic carbocycles. The molecule has 0 spiro atoms. The zero-order chi connectivity index (χ0) is 15.7. The molecule has 2 N–H and O–H groups in total. The van der Waals surface area contributed by atoms with E-state index in [2.05, 4.69) is 5.48 Å². The Bertz CT molecular complexity index is 595. The minimum Gasteiger partial charge on any atom is -0.508 e. The van der Waals surface area contributed by atoms with E-state index in [9.17, 15) is 14.7 Å². The number of phenols is 1. The van der Waals surface area contributed by atoms with Crippen LogP contribution in [0, 0.1) is 6.92 Å². The van der Waals surface area contributed by atoms with Crippen molar-refractivity contribution >= 4 is 29.6 Å². The maximum Gasteiger partial charge on any atom is 0.176 e. The van der Waals surface area contributed by atoms with Crippen molar-refractivity contribution in [3.8, 4) is 11.5 Å². The lowest BCUT2D eigenvalue weighted by molar-refractivity contribution is -0.107. The van der Waals surface area contributed by atoms with Gasteiger partial charge in [-0.3, -0.25) is 4.79 Å². The third-order valence-electron chi connectivity index (χ3n) is 2.42. The lowest BCUT2D eigenvalue weighted by Gasteiger charge is -2.10. The van der Waals surface area contributed by atoms with Crippen molar-refractivity contribution in [3.63, 3.8) is 0 Å². The number of rotatable bonds is 5. The number of anilines is 1. The number of hydrogen-bond acceptors (Lipinski definition) is 6. The van der Waals surface area contributed by atoms with E-state index in [4.69, 9.17) is 4.84 Å². The zero-order valence-corrected chi connectivity index (χ0v) is 12.6. The van der Waals surface area contributed by atoms with Crippen LogP contribution in [0.1, 0.15) is 28.6 Å². The molecule has 112 valence electrons. The van der Waals surface area contributed by atoms with E-state index in [1.54, 1.807) is 29.6 Å². The molecule has 0 atom stereocenters. The summed E-state index contributed by atoms with van der Waals surface area (Å²) in [6.45, 7) is 3.70. The summed E-state index contributed by atoms with van der Waals surface area (Å²) >= 11 is 1.31. The maximum atomic E-state index is 10.7. The number of benzene rings is 1.